The molecule has 5 nitrogen and oxygen atoms in total. The summed E-state index contributed by atoms with van der Waals surface area (Å²) in [5, 5.41) is 11.4. The number of aldehydes is 1. The van der Waals surface area contributed by atoms with E-state index in [9.17, 15) is 13.6 Å². The van der Waals surface area contributed by atoms with Crippen LogP contribution >= 0.6 is 11.9 Å². The molecule has 2 aliphatic heterocycles. The molecule has 4 aromatic carbocycles. The van der Waals surface area contributed by atoms with Crippen LogP contribution in [0.1, 0.15) is 49.7 Å². The fraction of sp³-hybridized carbons (Fsp3) is 0.395. The highest BCUT2D eigenvalue weighted by atomic mass is 32.2. The molecule has 2 atom stereocenters. The maximum atomic E-state index is 13.5. The predicted molar refractivity (Wildman–Crippen MR) is 185 cm³/mol. The summed E-state index contributed by atoms with van der Waals surface area (Å²) in [6.45, 7) is 5.79. The fourth-order valence-electron chi connectivity index (χ4n) is 6.49. The lowest BCUT2D eigenvalue weighted by molar-refractivity contribution is -0.115. The second-order valence-electron chi connectivity index (χ2n) is 12.6. The Morgan fingerprint density at radius 1 is 0.913 bits per heavy atom. The molecule has 8 heteroatoms. The Morgan fingerprint density at radius 2 is 1.57 bits per heavy atom. The summed E-state index contributed by atoms with van der Waals surface area (Å²) >= 11 is 1.28. The summed E-state index contributed by atoms with van der Waals surface area (Å²) in [6, 6.07) is 27.3. The van der Waals surface area contributed by atoms with E-state index in [0.717, 1.165) is 39.3 Å². The van der Waals surface area contributed by atoms with Crippen LogP contribution in [0.15, 0.2) is 89.8 Å². The average molecular weight is 646 g/mol. The van der Waals surface area contributed by atoms with Crippen molar-refractivity contribution < 1.29 is 18.3 Å². The van der Waals surface area contributed by atoms with Gasteiger partial charge < -0.3 is 19.7 Å². The van der Waals surface area contributed by atoms with E-state index in [-0.39, 0.29) is 11.8 Å². The second kappa shape index (κ2) is 16.0. The van der Waals surface area contributed by atoms with Crippen molar-refractivity contribution in [3.8, 4) is 16.9 Å². The van der Waals surface area contributed by atoms with Gasteiger partial charge in [0.25, 0.3) is 5.92 Å². The molecule has 244 valence electrons. The zero-order chi connectivity index (χ0) is 32.5. The molecule has 1 unspecified atom stereocenters. The molecule has 2 heterocycles. The summed E-state index contributed by atoms with van der Waals surface area (Å²) in [5.74, 6) is -1.13. The van der Waals surface area contributed by atoms with Gasteiger partial charge >= 0.3 is 0 Å². The maximum absolute atomic E-state index is 13.5. The van der Waals surface area contributed by atoms with Gasteiger partial charge in [0, 0.05) is 23.0 Å². The van der Waals surface area contributed by atoms with Crippen molar-refractivity contribution in [2.75, 3.05) is 26.7 Å². The third kappa shape index (κ3) is 8.94. The Hall–Kier alpha value is -3.30. The minimum Gasteiger partial charge on any atom is -0.490 e. The minimum absolute atomic E-state index is 0.129. The summed E-state index contributed by atoms with van der Waals surface area (Å²) in [7, 11) is 2.23. The van der Waals surface area contributed by atoms with Crippen LogP contribution in [0.4, 0.5) is 8.78 Å². The molecular weight excluding hydrogens is 601 g/mol. The average Bonchev–Trinajstić information content (AvgIpc) is 3.83. The zero-order valence-corrected chi connectivity index (χ0v) is 27.6. The molecule has 0 spiro atoms. The van der Waals surface area contributed by atoms with E-state index in [0.29, 0.717) is 6.10 Å². The van der Waals surface area contributed by atoms with Gasteiger partial charge in [-0.1, -0.05) is 66.2 Å². The fourth-order valence-corrected chi connectivity index (χ4v) is 6.83. The Labute approximate surface area is 276 Å². The number of halogens is 2. The molecule has 0 amide bonds. The number of fused-ring (bicyclic) bond motifs is 2. The van der Waals surface area contributed by atoms with Gasteiger partial charge in [0.05, 0.1) is 12.5 Å². The van der Waals surface area contributed by atoms with Crippen LogP contribution < -0.4 is 15.2 Å². The molecule has 3 N–H and O–H groups in total. The number of carbonyl (C=O) groups is 1. The van der Waals surface area contributed by atoms with Crippen molar-refractivity contribution >= 4 is 29.0 Å². The van der Waals surface area contributed by atoms with Crippen LogP contribution in [0.25, 0.3) is 21.9 Å². The van der Waals surface area contributed by atoms with E-state index in [2.05, 4.69) is 47.6 Å². The van der Waals surface area contributed by atoms with Crippen LogP contribution in [-0.2, 0) is 10.7 Å². The standard InChI is InChI=1S/C16H14F2O.C15H17NOS.C7H14N2/c1-12-2-4-13(5-3-12)14-6-8-15(9-7-14)16(17,18)10-11-19;16-18-15-8-6-11-9-14(7-5-12(11)10-15)17-13-3-1-2-4-13;1-9-3-2-6-4-8-5-7(6)9/h2-9,11H,10H2,1H3;5-10,13H,1-4,16H2;6-8H,2-5H2,1H3/t;;6-,7?/m..1/s1. The highest BCUT2D eigenvalue weighted by Crippen LogP contribution is 2.32. The molecular formula is C38H45F2N3O2S. The quantitative estimate of drug-likeness (QED) is 0.156. The second-order valence-corrected chi connectivity index (χ2v) is 13.3. The number of hydrogen-bond acceptors (Lipinski definition) is 6. The number of ether oxygens (including phenoxy) is 1. The van der Waals surface area contributed by atoms with Crippen molar-refractivity contribution in [3.63, 3.8) is 0 Å². The van der Waals surface area contributed by atoms with Crippen molar-refractivity contribution in [2.24, 2.45) is 11.1 Å². The van der Waals surface area contributed by atoms with E-state index in [1.54, 1.807) is 12.1 Å². The molecule has 4 aromatic rings. The van der Waals surface area contributed by atoms with Gasteiger partial charge in [-0.3, -0.25) is 5.14 Å². The van der Waals surface area contributed by atoms with Crippen LogP contribution in [0.2, 0.25) is 0 Å². The highest BCUT2D eigenvalue weighted by molar-refractivity contribution is 7.97. The van der Waals surface area contributed by atoms with Gasteiger partial charge in [0.1, 0.15) is 12.0 Å². The van der Waals surface area contributed by atoms with E-state index < -0.39 is 12.3 Å². The van der Waals surface area contributed by atoms with Crippen LogP contribution in [-0.4, -0.2) is 50.0 Å². The number of carbonyl (C=O) groups excluding carboxylic acids is 1. The van der Waals surface area contributed by atoms with Gasteiger partial charge in [-0.15, -0.1) is 0 Å². The Morgan fingerprint density at radius 3 is 2.22 bits per heavy atom. The van der Waals surface area contributed by atoms with E-state index in [1.807, 2.05) is 37.3 Å². The number of rotatable bonds is 7. The monoisotopic (exact) mass is 645 g/mol. The van der Waals surface area contributed by atoms with E-state index >= 15 is 0 Å². The number of nitrogens with one attached hydrogen (secondary N) is 1. The first-order valence-electron chi connectivity index (χ1n) is 16.2. The highest BCUT2D eigenvalue weighted by Gasteiger charge is 2.35. The lowest BCUT2D eigenvalue weighted by Crippen LogP contribution is -2.30. The number of benzene rings is 4. The smallest absolute Gasteiger partial charge is 0.279 e. The molecule has 0 bridgehead atoms. The van der Waals surface area contributed by atoms with Gasteiger partial charge in [-0.2, -0.15) is 0 Å². The van der Waals surface area contributed by atoms with Gasteiger partial charge in [0.15, 0.2) is 0 Å². The number of aryl methyl sites for hydroxylation is 1. The maximum Gasteiger partial charge on any atom is 0.279 e. The van der Waals surface area contributed by atoms with Crippen molar-refractivity contribution in [1.82, 2.24) is 10.2 Å². The Balaban J connectivity index is 0.000000144. The number of hydrogen-bond donors (Lipinski definition) is 2. The summed E-state index contributed by atoms with van der Waals surface area (Å²) in [4.78, 5) is 13.8. The topological polar surface area (TPSA) is 67.6 Å². The summed E-state index contributed by atoms with van der Waals surface area (Å²) in [5.41, 5.74) is 2.88. The molecule has 0 radical (unpaired) electrons. The number of nitrogens with two attached hydrogens (primary N) is 1. The molecule has 3 aliphatic rings. The van der Waals surface area contributed by atoms with E-state index in [1.165, 1.54) is 86.6 Å². The number of likely N-dealkylation sites (tertiary alicyclic amines) is 1. The number of likely N-dealkylation sites (N-methyl/N-ethyl adjacent to an activating group) is 1. The molecule has 0 aromatic heterocycles. The third-order valence-corrected chi connectivity index (χ3v) is 9.81. The molecule has 7 rings (SSSR count). The van der Waals surface area contributed by atoms with Gasteiger partial charge in [-0.25, -0.2) is 8.78 Å². The predicted octanol–water partition coefficient (Wildman–Crippen LogP) is 8.38. The number of nitrogens with zero attached hydrogens (tertiary/aromatic N) is 1. The lowest BCUT2D eigenvalue weighted by atomic mass is 10.00. The molecule has 1 aliphatic carbocycles. The molecule has 46 heavy (non-hydrogen) atoms. The van der Waals surface area contributed by atoms with Crippen LogP contribution in [0.3, 0.4) is 0 Å². The van der Waals surface area contributed by atoms with Gasteiger partial charge in [-0.05, 0) is 123 Å². The summed E-state index contributed by atoms with van der Waals surface area (Å²) in [6.07, 6.45) is 6.28. The molecule has 3 fully saturated rings. The summed E-state index contributed by atoms with van der Waals surface area (Å²) < 4.78 is 33.0. The zero-order valence-electron chi connectivity index (χ0n) is 26.8. The Bertz CT molecular complexity index is 1560. The number of alkyl halides is 2. The third-order valence-electron chi connectivity index (χ3n) is 9.28. The van der Waals surface area contributed by atoms with Crippen molar-refractivity contribution in [2.45, 2.75) is 68.4 Å². The molecule has 1 saturated carbocycles. The van der Waals surface area contributed by atoms with Crippen LogP contribution in [0, 0.1) is 12.8 Å². The van der Waals surface area contributed by atoms with Crippen LogP contribution in [0.5, 0.6) is 5.75 Å². The van der Waals surface area contributed by atoms with Crippen molar-refractivity contribution in [1.29, 1.82) is 0 Å². The lowest BCUT2D eigenvalue weighted by Gasteiger charge is -2.16. The molecule has 2 saturated heterocycles. The minimum atomic E-state index is -3.09. The first-order valence-corrected chi connectivity index (χ1v) is 17.1. The Kier molecular flexibility index (Phi) is 11.8. The SMILES string of the molecule is CN1CC[C@@H]2CNCC21.Cc1ccc(-c2ccc(C(F)(F)CC=O)cc2)cc1.NSc1ccc2cc(OC3CCCC3)ccc2c1. The van der Waals surface area contributed by atoms with Crippen molar-refractivity contribution in [3.05, 3.63) is 96.1 Å². The van der Waals surface area contributed by atoms with Gasteiger partial charge in [0.2, 0.25) is 0 Å². The normalized spacial score (nSPS) is 19.6. The first-order chi connectivity index (χ1) is 22.3. The first kappa shape index (κ1) is 34.0. The largest absolute Gasteiger partial charge is 0.490 e. The van der Waals surface area contributed by atoms with E-state index in [4.69, 9.17) is 9.88 Å².